The third-order valence-corrected chi connectivity index (χ3v) is 5.76. The zero-order chi connectivity index (χ0) is 20.4. The molecule has 0 aliphatic rings. The van der Waals surface area contributed by atoms with Crippen molar-refractivity contribution in [3.05, 3.63) is 84.2 Å². The lowest BCUT2D eigenvalue weighted by Crippen LogP contribution is -2.13. The van der Waals surface area contributed by atoms with Gasteiger partial charge in [-0.25, -0.2) is 4.98 Å². The Hall–Kier alpha value is -3.32. The fraction of sp³-hybridized carbons (Fsp3) is 0.136. The van der Waals surface area contributed by atoms with Gasteiger partial charge in [0.15, 0.2) is 5.16 Å². The predicted octanol–water partition coefficient (Wildman–Crippen LogP) is 4.63. The highest BCUT2D eigenvalue weighted by atomic mass is 32.2. The molecule has 1 N–H and O–H groups in total. The Morgan fingerprint density at radius 2 is 1.90 bits per heavy atom. The molecule has 0 saturated carbocycles. The molecule has 146 valence electrons. The molecule has 1 aromatic carbocycles. The first-order valence-electron chi connectivity index (χ1n) is 9.19. The van der Waals surface area contributed by atoms with Gasteiger partial charge in [0.2, 0.25) is 0 Å². The van der Waals surface area contributed by atoms with E-state index in [1.54, 1.807) is 30.4 Å². The Morgan fingerprint density at radius 3 is 2.55 bits per heavy atom. The second kappa shape index (κ2) is 7.97. The Kier molecular flexibility index (Phi) is 5.22. The molecule has 0 bridgehead atoms. The molecule has 0 unspecified atom stereocenters. The average Bonchev–Trinajstić information content (AvgIpc) is 3.26. The molecule has 3 aromatic heterocycles. The first kappa shape index (κ1) is 19.0. The maximum absolute atomic E-state index is 12.9. The summed E-state index contributed by atoms with van der Waals surface area (Å²) in [6.07, 6.45) is 7.22. The lowest BCUT2D eigenvalue weighted by Gasteiger charge is -2.10. The molecular formula is C22H21N5OS. The quantitative estimate of drug-likeness (QED) is 0.528. The van der Waals surface area contributed by atoms with Crippen molar-refractivity contribution in [3.63, 3.8) is 0 Å². The van der Waals surface area contributed by atoms with Crippen molar-refractivity contribution in [1.29, 1.82) is 0 Å². The van der Waals surface area contributed by atoms with E-state index in [0.717, 1.165) is 32.8 Å². The summed E-state index contributed by atoms with van der Waals surface area (Å²) in [5.41, 5.74) is 4.22. The Morgan fingerprint density at radius 1 is 1.10 bits per heavy atom. The Bertz CT molecular complexity index is 1150. The van der Waals surface area contributed by atoms with Gasteiger partial charge in [-0.05, 0) is 56.3 Å². The largest absolute Gasteiger partial charge is 0.329 e. The van der Waals surface area contributed by atoms with Gasteiger partial charge in [-0.15, -0.1) is 0 Å². The summed E-state index contributed by atoms with van der Waals surface area (Å²) in [6.45, 7) is 3.93. The van der Waals surface area contributed by atoms with Crippen molar-refractivity contribution < 1.29 is 4.79 Å². The van der Waals surface area contributed by atoms with Gasteiger partial charge in [0.25, 0.3) is 5.91 Å². The zero-order valence-electron chi connectivity index (χ0n) is 16.5. The van der Waals surface area contributed by atoms with Crippen LogP contribution in [0.4, 0.5) is 5.69 Å². The highest BCUT2D eigenvalue weighted by Gasteiger charge is 2.17. The van der Waals surface area contributed by atoms with E-state index in [0.29, 0.717) is 5.56 Å². The van der Waals surface area contributed by atoms with E-state index in [-0.39, 0.29) is 5.91 Å². The number of nitrogens with zero attached hydrogens (tertiary/aromatic N) is 4. The number of aromatic nitrogens is 4. The number of benzene rings is 1. The number of carbonyl (C=O) groups excluding carboxylic acids is 1. The molecule has 0 fully saturated rings. The summed E-state index contributed by atoms with van der Waals surface area (Å²) < 4.78 is 4.01. The smallest absolute Gasteiger partial charge is 0.257 e. The van der Waals surface area contributed by atoms with Crippen LogP contribution in [-0.2, 0) is 7.05 Å². The van der Waals surface area contributed by atoms with E-state index < -0.39 is 0 Å². The maximum Gasteiger partial charge on any atom is 0.257 e. The van der Waals surface area contributed by atoms with E-state index in [2.05, 4.69) is 15.3 Å². The van der Waals surface area contributed by atoms with Crippen LogP contribution in [0, 0.1) is 13.8 Å². The van der Waals surface area contributed by atoms with E-state index in [4.69, 9.17) is 0 Å². The molecular weight excluding hydrogens is 382 g/mol. The van der Waals surface area contributed by atoms with Gasteiger partial charge in [0.05, 0.1) is 17.4 Å². The summed E-state index contributed by atoms with van der Waals surface area (Å²) >= 11 is 1.58. The van der Waals surface area contributed by atoms with Crippen molar-refractivity contribution in [3.8, 4) is 5.69 Å². The van der Waals surface area contributed by atoms with Gasteiger partial charge < -0.3 is 14.5 Å². The summed E-state index contributed by atoms with van der Waals surface area (Å²) in [5, 5.41) is 3.91. The molecule has 0 spiro atoms. The monoisotopic (exact) mass is 403 g/mol. The minimum atomic E-state index is -0.127. The van der Waals surface area contributed by atoms with Gasteiger partial charge in [0.1, 0.15) is 0 Å². The second-order valence-corrected chi connectivity index (χ2v) is 7.77. The lowest BCUT2D eigenvalue weighted by molar-refractivity contribution is 0.102. The number of rotatable bonds is 5. The van der Waals surface area contributed by atoms with Gasteiger partial charge >= 0.3 is 0 Å². The summed E-state index contributed by atoms with van der Waals surface area (Å²) in [6, 6.07) is 13.5. The van der Waals surface area contributed by atoms with Crippen LogP contribution in [0.3, 0.4) is 0 Å². The van der Waals surface area contributed by atoms with E-state index >= 15 is 0 Å². The van der Waals surface area contributed by atoms with Crippen molar-refractivity contribution >= 4 is 23.4 Å². The normalized spacial score (nSPS) is 10.9. The van der Waals surface area contributed by atoms with Crippen molar-refractivity contribution in [2.24, 2.45) is 7.05 Å². The molecule has 0 saturated heterocycles. The third kappa shape index (κ3) is 3.95. The molecule has 0 atom stereocenters. The molecule has 4 rings (SSSR count). The summed E-state index contributed by atoms with van der Waals surface area (Å²) in [4.78, 5) is 22.4. The number of anilines is 1. The average molecular weight is 404 g/mol. The van der Waals surface area contributed by atoms with Gasteiger partial charge in [-0.2, -0.15) is 0 Å². The summed E-state index contributed by atoms with van der Waals surface area (Å²) in [5.74, 6) is -0.127. The lowest BCUT2D eigenvalue weighted by atomic mass is 10.2. The van der Waals surface area contributed by atoms with Crippen LogP contribution >= 0.6 is 11.8 Å². The number of nitrogens with one attached hydrogen (secondary N) is 1. The zero-order valence-corrected chi connectivity index (χ0v) is 17.3. The molecule has 4 aromatic rings. The molecule has 0 radical (unpaired) electrons. The van der Waals surface area contributed by atoms with Crippen LogP contribution in [0.1, 0.15) is 21.7 Å². The van der Waals surface area contributed by atoms with Crippen LogP contribution in [0.25, 0.3) is 5.69 Å². The van der Waals surface area contributed by atoms with Crippen LogP contribution < -0.4 is 5.32 Å². The number of imidazole rings is 1. The maximum atomic E-state index is 12.9. The van der Waals surface area contributed by atoms with Crippen molar-refractivity contribution in [2.75, 3.05) is 5.32 Å². The highest BCUT2D eigenvalue weighted by Crippen LogP contribution is 2.27. The predicted molar refractivity (Wildman–Crippen MR) is 115 cm³/mol. The molecule has 0 aliphatic carbocycles. The molecule has 0 aliphatic heterocycles. The Labute approximate surface area is 173 Å². The minimum absolute atomic E-state index is 0.127. The Balaban J connectivity index is 1.51. The standard InChI is InChI=1S/C22H21N5OS/c1-15-13-20(16(2)27(15)18-5-4-10-23-14-18)21(28)25-17-6-8-19(9-7-17)29-22-24-11-12-26(22)3/h4-14H,1-3H3,(H,25,28). The highest BCUT2D eigenvalue weighted by molar-refractivity contribution is 7.99. The van der Waals surface area contributed by atoms with E-state index in [9.17, 15) is 4.79 Å². The topological polar surface area (TPSA) is 64.7 Å². The van der Waals surface area contributed by atoms with Gasteiger partial charge in [-0.1, -0.05) is 11.8 Å². The molecule has 29 heavy (non-hydrogen) atoms. The minimum Gasteiger partial charge on any atom is -0.329 e. The fourth-order valence-electron chi connectivity index (χ4n) is 3.24. The number of aryl methyl sites for hydroxylation is 2. The molecule has 7 heteroatoms. The van der Waals surface area contributed by atoms with Gasteiger partial charge in [-0.3, -0.25) is 9.78 Å². The van der Waals surface area contributed by atoms with E-state index in [1.807, 2.05) is 78.7 Å². The van der Waals surface area contributed by atoms with Crippen LogP contribution in [0.15, 0.2) is 77.3 Å². The van der Waals surface area contributed by atoms with Crippen LogP contribution in [0.5, 0.6) is 0 Å². The molecule has 3 heterocycles. The number of carbonyl (C=O) groups is 1. The second-order valence-electron chi connectivity index (χ2n) is 6.73. The van der Waals surface area contributed by atoms with Crippen LogP contribution in [0.2, 0.25) is 0 Å². The number of hydrogen-bond acceptors (Lipinski definition) is 4. The van der Waals surface area contributed by atoms with Crippen LogP contribution in [-0.4, -0.2) is 25.0 Å². The van der Waals surface area contributed by atoms with Crippen molar-refractivity contribution in [2.45, 2.75) is 23.9 Å². The van der Waals surface area contributed by atoms with Gasteiger partial charge in [0, 0.05) is 47.6 Å². The first-order valence-corrected chi connectivity index (χ1v) is 10.0. The number of pyridine rings is 1. The fourth-order valence-corrected chi connectivity index (χ4v) is 4.04. The first-order chi connectivity index (χ1) is 14.0. The molecule has 1 amide bonds. The molecule has 6 nitrogen and oxygen atoms in total. The summed E-state index contributed by atoms with van der Waals surface area (Å²) in [7, 11) is 1.96. The number of hydrogen-bond donors (Lipinski definition) is 1. The third-order valence-electron chi connectivity index (χ3n) is 4.68. The van der Waals surface area contributed by atoms with Crippen molar-refractivity contribution in [1.82, 2.24) is 19.1 Å². The van der Waals surface area contributed by atoms with E-state index in [1.165, 1.54) is 0 Å². The SMILES string of the molecule is Cc1cc(C(=O)Nc2ccc(Sc3nccn3C)cc2)c(C)n1-c1cccnc1. The number of amides is 1.